The number of likely N-dealkylation sites (N-methyl/N-ethyl adjacent to an activating group) is 1. The second-order valence-electron chi connectivity index (χ2n) is 4.03. The van der Waals surface area contributed by atoms with Crippen molar-refractivity contribution in [3.05, 3.63) is 29.3 Å². The van der Waals surface area contributed by atoms with Crippen molar-refractivity contribution >= 4 is 0 Å². The fourth-order valence-electron chi connectivity index (χ4n) is 1.62. The van der Waals surface area contributed by atoms with Gasteiger partial charge < -0.3 is 10.1 Å². The number of benzene rings is 1. The fourth-order valence-corrected chi connectivity index (χ4v) is 1.62. The first kappa shape index (κ1) is 12.1. The van der Waals surface area contributed by atoms with Gasteiger partial charge in [0.05, 0.1) is 0 Å². The van der Waals surface area contributed by atoms with Gasteiger partial charge in [-0.05, 0) is 50.6 Å². The number of rotatable bonds is 5. The molecule has 0 radical (unpaired) electrons. The molecule has 0 spiro atoms. The Labute approximate surface area is 92.6 Å². The molecule has 0 bridgehead atoms. The normalized spacial score (nSPS) is 12.5. The molecular weight excluding hydrogens is 186 g/mol. The maximum atomic E-state index is 5.75. The van der Waals surface area contributed by atoms with Crippen molar-refractivity contribution in [3.8, 4) is 5.75 Å². The number of hydrogen-bond donors (Lipinski definition) is 1. The van der Waals surface area contributed by atoms with Gasteiger partial charge in [0.15, 0.2) is 0 Å². The van der Waals surface area contributed by atoms with Crippen molar-refractivity contribution in [1.82, 2.24) is 5.32 Å². The minimum atomic E-state index is 0.436. The van der Waals surface area contributed by atoms with E-state index in [9.17, 15) is 0 Å². The quantitative estimate of drug-likeness (QED) is 0.801. The number of nitrogens with one attached hydrogen (secondary N) is 1. The molecule has 84 valence electrons. The smallest absolute Gasteiger partial charge is 0.119 e. The van der Waals surface area contributed by atoms with Gasteiger partial charge >= 0.3 is 0 Å². The molecule has 0 saturated carbocycles. The third-order valence-electron chi connectivity index (χ3n) is 2.55. The molecule has 0 heterocycles. The zero-order valence-corrected chi connectivity index (χ0v) is 10.1. The van der Waals surface area contributed by atoms with E-state index in [0.29, 0.717) is 6.04 Å². The van der Waals surface area contributed by atoms with Crippen LogP contribution in [0.15, 0.2) is 18.2 Å². The third kappa shape index (κ3) is 3.92. The van der Waals surface area contributed by atoms with E-state index in [-0.39, 0.29) is 0 Å². The summed E-state index contributed by atoms with van der Waals surface area (Å²) in [5.74, 6) is 0.973. The molecule has 0 saturated heterocycles. The van der Waals surface area contributed by atoms with Crippen LogP contribution in [-0.2, 0) is 0 Å². The van der Waals surface area contributed by atoms with E-state index in [2.05, 4.69) is 44.3 Å². The van der Waals surface area contributed by atoms with Gasteiger partial charge in [-0.3, -0.25) is 0 Å². The summed E-state index contributed by atoms with van der Waals surface area (Å²) in [5.41, 5.74) is 2.50. The Hall–Kier alpha value is -1.02. The van der Waals surface area contributed by atoms with Gasteiger partial charge in [0.25, 0.3) is 0 Å². The van der Waals surface area contributed by atoms with Crippen LogP contribution >= 0.6 is 0 Å². The van der Waals surface area contributed by atoms with E-state index in [4.69, 9.17) is 4.74 Å². The highest BCUT2D eigenvalue weighted by Gasteiger charge is 2.04. The lowest BCUT2D eigenvalue weighted by atomic mass is 10.1. The zero-order chi connectivity index (χ0) is 11.3. The van der Waals surface area contributed by atoms with Crippen LogP contribution in [-0.4, -0.2) is 19.7 Å². The highest BCUT2D eigenvalue weighted by molar-refractivity contribution is 5.32. The molecule has 2 nitrogen and oxygen atoms in total. The highest BCUT2D eigenvalue weighted by atomic mass is 16.5. The Morgan fingerprint density at radius 1 is 1.20 bits per heavy atom. The van der Waals surface area contributed by atoms with Gasteiger partial charge in [0, 0.05) is 6.04 Å². The molecule has 1 N–H and O–H groups in total. The first-order chi connectivity index (χ1) is 7.15. The minimum Gasteiger partial charge on any atom is -0.492 e. The standard InChI is InChI=1S/C13H21NO/c1-5-12(14-4)9-15-13-7-10(2)6-11(3)8-13/h6-8,12,14H,5,9H2,1-4H3. The van der Waals surface area contributed by atoms with E-state index in [0.717, 1.165) is 18.8 Å². The summed E-state index contributed by atoms with van der Waals surface area (Å²) in [6.07, 6.45) is 1.08. The second-order valence-corrected chi connectivity index (χ2v) is 4.03. The summed E-state index contributed by atoms with van der Waals surface area (Å²) in [7, 11) is 1.97. The molecule has 1 aromatic rings. The van der Waals surface area contributed by atoms with Crippen LogP contribution in [0.1, 0.15) is 24.5 Å². The fraction of sp³-hybridized carbons (Fsp3) is 0.538. The van der Waals surface area contributed by atoms with Crippen molar-refractivity contribution in [1.29, 1.82) is 0 Å². The van der Waals surface area contributed by atoms with Crippen molar-refractivity contribution in [2.45, 2.75) is 33.2 Å². The van der Waals surface area contributed by atoms with Gasteiger partial charge in [-0.1, -0.05) is 13.0 Å². The maximum Gasteiger partial charge on any atom is 0.119 e. The van der Waals surface area contributed by atoms with Crippen molar-refractivity contribution in [3.63, 3.8) is 0 Å². The van der Waals surface area contributed by atoms with Gasteiger partial charge in [0.2, 0.25) is 0 Å². The summed E-state index contributed by atoms with van der Waals surface area (Å²) in [6, 6.07) is 6.75. The third-order valence-corrected chi connectivity index (χ3v) is 2.55. The topological polar surface area (TPSA) is 21.3 Å². The maximum absolute atomic E-state index is 5.75. The predicted molar refractivity (Wildman–Crippen MR) is 64.5 cm³/mol. The molecule has 15 heavy (non-hydrogen) atoms. The van der Waals surface area contributed by atoms with E-state index >= 15 is 0 Å². The highest BCUT2D eigenvalue weighted by Crippen LogP contribution is 2.16. The van der Waals surface area contributed by atoms with Crippen LogP contribution in [0.4, 0.5) is 0 Å². The molecule has 0 aliphatic rings. The Bertz CT molecular complexity index is 285. The summed E-state index contributed by atoms with van der Waals surface area (Å²) < 4.78 is 5.75. The van der Waals surface area contributed by atoms with E-state index < -0.39 is 0 Å². The number of aryl methyl sites for hydroxylation is 2. The summed E-state index contributed by atoms with van der Waals surface area (Å²) in [6.45, 7) is 7.08. The van der Waals surface area contributed by atoms with Crippen LogP contribution in [0.5, 0.6) is 5.75 Å². The second kappa shape index (κ2) is 5.76. The SMILES string of the molecule is CCC(COc1cc(C)cc(C)c1)NC. The van der Waals surface area contributed by atoms with Crippen LogP contribution < -0.4 is 10.1 Å². The molecule has 0 aliphatic heterocycles. The average Bonchev–Trinajstić information content (AvgIpc) is 2.18. The van der Waals surface area contributed by atoms with Crippen LogP contribution in [0.25, 0.3) is 0 Å². The lowest BCUT2D eigenvalue weighted by Gasteiger charge is -2.15. The minimum absolute atomic E-state index is 0.436. The van der Waals surface area contributed by atoms with Gasteiger partial charge in [-0.25, -0.2) is 0 Å². The monoisotopic (exact) mass is 207 g/mol. The molecule has 1 atom stereocenters. The molecule has 1 rings (SSSR count). The Morgan fingerprint density at radius 3 is 2.27 bits per heavy atom. The molecule has 0 amide bonds. The summed E-state index contributed by atoms with van der Waals surface area (Å²) in [5, 5.41) is 3.23. The molecular formula is C13H21NO. The van der Waals surface area contributed by atoms with Crippen molar-refractivity contribution in [2.75, 3.05) is 13.7 Å². The lowest BCUT2D eigenvalue weighted by molar-refractivity contribution is 0.267. The van der Waals surface area contributed by atoms with Gasteiger partial charge in [-0.15, -0.1) is 0 Å². The van der Waals surface area contributed by atoms with E-state index in [1.54, 1.807) is 0 Å². The Kier molecular flexibility index (Phi) is 4.63. The lowest BCUT2D eigenvalue weighted by Crippen LogP contribution is -2.30. The first-order valence-electron chi connectivity index (χ1n) is 5.54. The summed E-state index contributed by atoms with van der Waals surface area (Å²) >= 11 is 0. The largest absolute Gasteiger partial charge is 0.492 e. The van der Waals surface area contributed by atoms with Gasteiger partial charge in [0.1, 0.15) is 12.4 Å². The number of ether oxygens (including phenoxy) is 1. The average molecular weight is 207 g/mol. The van der Waals surface area contributed by atoms with E-state index in [1.165, 1.54) is 11.1 Å². The first-order valence-corrected chi connectivity index (χ1v) is 5.54. The van der Waals surface area contributed by atoms with Crippen LogP contribution in [0.3, 0.4) is 0 Å². The Morgan fingerprint density at radius 2 is 1.80 bits per heavy atom. The molecule has 2 heteroatoms. The number of hydrogen-bond acceptors (Lipinski definition) is 2. The zero-order valence-electron chi connectivity index (χ0n) is 10.1. The molecule has 0 aromatic heterocycles. The van der Waals surface area contributed by atoms with E-state index in [1.807, 2.05) is 7.05 Å². The van der Waals surface area contributed by atoms with Crippen LogP contribution in [0, 0.1) is 13.8 Å². The van der Waals surface area contributed by atoms with Crippen molar-refractivity contribution in [2.24, 2.45) is 0 Å². The molecule has 1 unspecified atom stereocenters. The molecule has 0 aliphatic carbocycles. The summed E-state index contributed by atoms with van der Waals surface area (Å²) in [4.78, 5) is 0. The predicted octanol–water partition coefficient (Wildman–Crippen LogP) is 2.68. The van der Waals surface area contributed by atoms with Crippen molar-refractivity contribution < 1.29 is 4.74 Å². The van der Waals surface area contributed by atoms with Gasteiger partial charge in [-0.2, -0.15) is 0 Å². The van der Waals surface area contributed by atoms with Crippen LogP contribution in [0.2, 0.25) is 0 Å². The Balaban J connectivity index is 2.57. The molecule has 1 aromatic carbocycles. The molecule has 0 fully saturated rings.